The van der Waals surface area contributed by atoms with E-state index in [1.807, 2.05) is 0 Å². The van der Waals surface area contributed by atoms with Crippen LogP contribution in [0.15, 0.2) is 25.6 Å². The normalized spacial score (nSPS) is 19.8. The van der Waals surface area contributed by atoms with Crippen LogP contribution < -0.4 is 5.32 Å². The number of furan rings is 1. The first-order valence-corrected chi connectivity index (χ1v) is 7.18. The standard InChI is InChI=1S/C12H13BrN4O4/c13-9-2-1-8(20-9)11-16-15-10(21-11)6-17-4-3-14-5-7(17)12(18)19/h1-2,7,14H,3-6H2,(H,18,19). The molecule has 1 saturated heterocycles. The molecule has 1 fully saturated rings. The summed E-state index contributed by atoms with van der Waals surface area (Å²) in [5, 5.41) is 20.1. The fourth-order valence-corrected chi connectivity index (χ4v) is 2.51. The van der Waals surface area contributed by atoms with Crippen LogP contribution in [0.3, 0.4) is 0 Å². The number of nitrogens with one attached hydrogen (secondary N) is 1. The van der Waals surface area contributed by atoms with Crippen LogP contribution in [0, 0.1) is 0 Å². The van der Waals surface area contributed by atoms with Gasteiger partial charge in [0, 0.05) is 19.6 Å². The molecule has 1 aliphatic rings. The van der Waals surface area contributed by atoms with E-state index in [4.69, 9.17) is 8.83 Å². The summed E-state index contributed by atoms with van der Waals surface area (Å²) in [7, 11) is 0. The van der Waals surface area contributed by atoms with Gasteiger partial charge in [0.1, 0.15) is 6.04 Å². The van der Waals surface area contributed by atoms with Crippen molar-refractivity contribution in [2.45, 2.75) is 12.6 Å². The van der Waals surface area contributed by atoms with Gasteiger partial charge in [0.2, 0.25) is 5.89 Å². The molecule has 2 aromatic rings. The Labute approximate surface area is 128 Å². The lowest BCUT2D eigenvalue weighted by Crippen LogP contribution is -2.54. The molecule has 3 heterocycles. The van der Waals surface area contributed by atoms with E-state index in [2.05, 4.69) is 31.4 Å². The average Bonchev–Trinajstić information content (AvgIpc) is 3.08. The maximum absolute atomic E-state index is 11.2. The number of carboxylic acids is 1. The zero-order valence-corrected chi connectivity index (χ0v) is 12.5. The molecule has 0 bridgehead atoms. The molecule has 0 aliphatic carbocycles. The first-order valence-electron chi connectivity index (χ1n) is 6.39. The molecule has 1 aliphatic heterocycles. The smallest absolute Gasteiger partial charge is 0.322 e. The minimum absolute atomic E-state index is 0.276. The van der Waals surface area contributed by atoms with Crippen molar-refractivity contribution >= 4 is 21.9 Å². The number of nitrogens with zero attached hydrogens (tertiary/aromatic N) is 3. The molecular weight excluding hydrogens is 344 g/mol. The lowest BCUT2D eigenvalue weighted by atomic mass is 10.2. The Bertz CT molecular complexity index is 641. The minimum atomic E-state index is -0.864. The highest BCUT2D eigenvalue weighted by molar-refractivity contribution is 9.10. The van der Waals surface area contributed by atoms with Crippen molar-refractivity contribution in [2.24, 2.45) is 0 Å². The van der Waals surface area contributed by atoms with Gasteiger partial charge in [-0.1, -0.05) is 0 Å². The van der Waals surface area contributed by atoms with Crippen molar-refractivity contribution in [3.05, 3.63) is 22.7 Å². The summed E-state index contributed by atoms with van der Waals surface area (Å²) >= 11 is 3.20. The Hall–Kier alpha value is -1.71. The molecule has 2 aromatic heterocycles. The van der Waals surface area contributed by atoms with Crippen LogP contribution in [0.1, 0.15) is 5.89 Å². The second-order valence-electron chi connectivity index (χ2n) is 4.63. The number of halogens is 1. The van der Waals surface area contributed by atoms with E-state index in [0.717, 1.165) is 6.54 Å². The van der Waals surface area contributed by atoms with Crippen LogP contribution >= 0.6 is 15.9 Å². The molecule has 3 rings (SSSR count). The van der Waals surface area contributed by atoms with Gasteiger partial charge in [-0.2, -0.15) is 0 Å². The topological polar surface area (TPSA) is 105 Å². The first kappa shape index (κ1) is 14.2. The highest BCUT2D eigenvalue weighted by Crippen LogP contribution is 2.24. The van der Waals surface area contributed by atoms with Gasteiger partial charge in [0.15, 0.2) is 10.4 Å². The van der Waals surface area contributed by atoms with Gasteiger partial charge in [-0.15, -0.1) is 10.2 Å². The van der Waals surface area contributed by atoms with Gasteiger partial charge >= 0.3 is 5.97 Å². The first-order chi connectivity index (χ1) is 10.1. The predicted octanol–water partition coefficient (Wildman–Crippen LogP) is 0.951. The molecule has 112 valence electrons. The molecule has 0 saturated carbocycles. The van der Waals surface area contributed by atoms with Gasteiger partial charge < -0.3 is 19.3 Å². The summed E-state index contributed by atoms with van der Waals surface area (Å²) in [6, 6.07) is 2.86. The van der Waals surface area contributed by atoms with E-state index in [1.54, 1.807) is 17.0 Å². The van der Waals surface area contributed by atoms with Crippen LogP contribution in [-0.4, -0.2) is 51.8 Å². The molecular formula is C12H13BrN4O4. The highest BCUT2D eigenvalue weighted by Gasteiger charge is 2.29. The monoisotopic (exact) mass is 356 g/mol. The van der Waals surface area contributed by atoms with Gasteiger partial charge in [0.25, 0.3) is 5.89 Å². The van der Waals surface area contributed by atoms with E-state index in [1.165, 1.54) is 0 Å². The minimum Gasteiger partial charge on any atom is -0.480 e. The Morgan fingerprint density at radius 2 is 2.33 bits per heavy atom. The van der Waals surface area contributed by atoms with Crippen molar-refractivity contribution in [1.29, 1.82) is 0 Å². The Balaban J connectivity index is 1.73. The van der Waals surface area contributed by atoms with Crippen molar-refractivity contribution in [2.75, 3.05) is 19.6 Å². The van der Waals surface area contributed by atoms with Gasteiger partial charge in [0.05, 0.1) is 6.54 Å². The van der Waals surface area contributed by atoms with Crippen LogP contribution in [0.2, 0.25) is 0 Å². The van der Waals surface area contributed by atoms with Crippen molar-refractivity contribution in [3.63, 3.8) is 0 Å². The SMILES string of the molecule is O=C(O)C1CNCCN1Cc1nnc(-c2ccc(Br)o2)o1. The van der Waals surface area contributed by atoms with Crippen LogP contribution in [0.5, 0.6) is 0 Å². The van der Waals surface area contributed by atoms with E-state index in [-0.39, 0.29) is 5.89 Å². The van der Waals surface area contributed by atoms with Gasteiger partial charge in [-0.25, -0.2) is 0 Å². The number of rotatable bonds is 4. The Kier molecular flexibility index (Phi) is 4.04. The van der Waals surface area contributed by atoms with Crippen LogP contribution in [0.25, 0.3) is 11.7 Å². The Morgan fingerprint density at radius 1 is 1.48 bits per heavy atom. The largest absolute Gasteiger partial charge is 0.480 e. The second-order valence-corrected chi connectivity index (χ2v) is 5.41. The molecule has 1 unspecified atom stereocenters. The average molecular weight is 357 g/mol. The number of aromatic nitrogens is 2. The summed E-state index contributed by atoms with van der Waals surface area (Å²) in [6.45, 7) is 2.05. The summed E-state index contributed by atoms with van der Waals surface area (Å²) in [5.41, 5.74) is 0. The van der Waals surface area contributed by atoms with Crippen LogP contribution in [-0.2, 0) is 11.3 Å². The van der Waals surface area contributed by atoms with Gasteiger partial charge in [-0.05, 0) is 28.1 Å². The molecule has 0 radical (unpaired) electrons. The van der Waals surface area contributed by atoms with E-state index >= 15 is 0 Å². The number of hydrogen-bond donors (Lipinski definition) is 2. The number of piperazine rings is 1. The molecule has 21 heavy (non-hydrogen) atoms. The molecule has 0 amide bonds. The molecule has 1 atom stereocenters. The molecule has 0 spiro atoms. The third kappa shape index (κ3) is 3.14. The zero-order chi connectivity index (χ0) is 14.8. The van der Waals surface area contributed by atoms with Gasteiger partial charge in [-0.3, -0.25) is 9.69 Å². The molecule has 0 aromatic carbocycles. The number of hydrogen-bond acceptors (Lipinski definition) is 7. The lowest BCUT2D eigenvalue weighted by Gasteiger charge is -2.32. The van der Waals surface area contributed by atoms with Crippen molar-refractivity contribution in [1.82, 2.24) is 20.4 Å². The maximum Gasteiger partial charge on any atom is 0.322 e. The summed E-state index contributed by atoms with van der Waals surface area (Å²) in [5.74, 6) is 0.246. The van der Waals surface area contributed by atoms with E-state index in [0.29, 0.717) is 36.0 Å². The fraction of sp³-hybridized carbons (Fsp3) is 0.417. The second kappa shape index (κ2) is 5.96. The lowest BCUT2D eigenvalue weighted by molar-refractivity contribution is -0.144. The molecule has 8 nitrogen and oxygen atoms in total. The summed E-state index contributed by atoms with van der Waals surface area (Å²) in [6.07, 6.45) is 0. The number of aliphatic carboxylic acids is 1. The molecule has 9 heteroatoms. The van der Waals surface area contributed by atoms with Crippen LogP contribution in [0.4, 0.5) is 0 Å². The Morgan fingerprint density at radius 3 is 3.05 bits per heavy atom. The summed E-state index contributed by atoms with van der Waals surface area (Å²) in [4.78, 5) is 13.0. The maximum atomic E-state index is 11.2. The highest BCUT2D eigenvalue weighted by atomic mass is 79.9. The van der Waals surface area contributed by atoms with E-state index in [9.17, 15) is 9.90 Å². The van der Waals surface area contributed by atoms with Crippen molar-refractivity contribution < 1.29 is 18.7 Å². The third-order valence-corrected chi connectivity index (χ3v) is 3.65. The summed E-state index contributed by atoms with van der Waals surface area (Å²) < 4.78 is 11.4. The fourth-order valence-electron chi connectivity index (χ4n) is 2.20. The predicted molar refractivity (Wildman–Crippen MR) is 74.4 cm³/mol. The van der Waals surface area contributed by atoms with Crippen molar-refractivity contribution in [3.8, 4) is 11.7 Å². The third-order valence-electron chi connectivity index (χ3n) is 3.23. The number of carboxylic acid groups (broad SMARTS) is 1. The number of carbonyl (C=O) groups is 1. The quantitative estimate of drug-likeness (QED) is 0.834. The molecule has 2 N–H and O–H groups in total. The van der Waals surface area contributed by atoms with E-state index < -0.39 is 12.0 Å². The zero-order valence-electron chi connectivity index (χ0n) is 11.0.